The molecular weight excluding hydrogens is 512 g/mol. The van der Waals surface area contributed by atoms with Crippen LogP contribution in [-0.4, -0.2) is 40.6 Å². The summed E-state index contributed by atoms with van der Waals surface area (Å²) in [5, 5.41) is -0.895. The minimum atomic E-state index is -4.18. The number of nitrogens with zero attached hydrogens (tertiary/aromatic N) is 2. The fourth-order valence-corrected chi connectivity index (χ4v) is 6.00. The van der Waals surface area contributed by atoms with E-state index >= 15 is 4.39 Å². The number of carbonyl (C=O) groups excluding carboxylic acids is 1. The van der Waals surface area contributed by atoms with Crippen LogP contribution in [0.1, 0.15) is 40.9 Å². The van der Waals surface area contributed by atoms with E-state index in [1.54, 1.807) is 6.92 Å². The van der Waals surface area contributed by atoms with Crippen molar-refractivity contribution in [2.45, 2.75) is 37.6 Å². The zero-order valence-electron chi connectivity index (χ0n) is 19.4. The van der Waals surface area contributed by atoms with Crippen LogP contribution in [0.2, 0.25) is 0 Å². The van der Waals surface area contributed by atoms with E-state index < -0.39 is 55.9 Å². The lowest BCUT2D eigenvalue weighted by Gasteiger charge is -2.15. The Morgan fingerprint density at radius 2 is 1.86 bits per heavy atom. The largest absolute Gasteiger partial charge is 0.345 e. The number of alkyl halides is 1. The van der Waals surface area contributed by atoms with Crippen molar-refractivity contribution in [3.05, 3.63) is 77.1 Å². The van der Waals surface area contributed by atoms with Gasteiger partial charge >= 0.3 is 0 Å². The van der Waals surface area contributed by atoms with Gasteiger partial charge in [0.15, 0.2) is 5.82 Å². The molecule has 7 nitrogen and oxygen atoms in total. The van der Waals surface area contributed by atoms with Gasteiger partial charge in [-0.15, -0.1) is 0 Å². The second-order valence-electron chi connectivity index (χ2n) is 8.92. The van der Waals surface area contributed by atoms with Crippen LogP contribution in [0.3, 0.4) is 0 Å². The third-order valence-corrected chi connectivity index (χ3v) is 8.22. The van der Waals surface area contributed by atoms with Crippen molar-refractivity contribution in [3.63, 3.8) is 0 Å². The van der Waals surface area contributed by atoms with Crippen LogP contribution in [0.25, 0.3) is 22.2 Å². The number of aromatic nitrogens is 3. The summed E-state index contributed by atoms with van der Waals surface area (Å²) in [6, 6.07) is 4.31. The quantitative estimate of drug-likeness (QED) is 0.262. The van der Waals surface area contributed by atoms with Gasteiger partial charge in [0.05, 0.1) is 16.5 Å². The number of aromatic amines is 1. The molecule has 0 spiro atoms. The summed E-state index contributed by atoms with van der Waals surface area (Å²) in [6.45, 7) is 1.63. The standard InChI is InChI=1S/C25H20F4N4O3S/c1-12-6-20(28)17(10-30-12)13-7-16-18(11-32-25(16)31-9-13)24(34)22-19(27)4-5-21(23(22)29)33-37(35,36)15-3-2-14(26)8-15/h4-7,9-11,14-15,33H,2-3,8H2,1H3,(H,31,32)/t14-,15?/m1/s1. The number of H-pyrrole nitrogens is 1. The van der Waals surface area contributed by atoms with Gasteiger partial charge in [-0.05, 0) is 50.5 Å². The molecule has 4 aromatic rings. The van der Waals surface area contributed by atoms with E-state index in [4.69, 9.17) is 0 Å². The minimum Gasteiger partial charge on any atom is -0.345 e. The number of halogens is 4. The topological polar surface area (TPSA) is 105 Å². The predicted octanol–water partition coefficient (Wildman–Crippen LogP) is 5.21. The molecule has 0 bridgehead atoms. The summed E-state index contributed by atoms with van der Waals surface area (Å²) in [4.78, 5) is 24.3. The van der Waals surface area contributed by atoms with Gasteiger partial charge in [-0.25, -0.2) is 31.0 Å². The highest BCUT2D eigenvalue weighted by Crippen LogP contribution is 2.32. The Hall–Kier alpha value is -3.80. The summed E-state index contributed by atoms with van der Waals surface area (Å²) in [5.74, 6) is -4.25. The first kappa shape index (κ1) is 24.9. The number of benzene rings is 1. The van der Waals surface area contributed by atoms with E-state index in [1.807, 2.05) is 4.72 Å². The minimum absolute atomic E-state index is 0.0624. The first-order chi connectivity index (χ1) is 17.5. The van der Waals surface area contributed by atoms with Crippen LogP contribution in [0.15, 0.2) is 42.9 Å². The van der Waals surface area contributed by atoms with Crippen LogP contribution in [0.4, 0.5) is 23.2 Å². The molecular formula is C25H20F4N4O3S. The molecule has 0 radical (unpaired) electrons. The highest BCUT2D eigenvalue weighted by Gasteiger charge is 2.35. The average Bonchev–Trinajstić information content (AvgIpc) is 3.47. The highest BCUT2D eigenvalue weighted by atomic mass is 32.2. The van der Waals surface area contributed by atoms with Crippen LogP contribution in [0, 0.1) is 24.4 Å². The number of sulfonamides is 1. The summed E-state index contributed by atoms with van der Waals surface area (Å²) in [6.07, 6.45) is 2.51. The molecule has 0 saturated heterocycles. The summed E-state index contributed by atoms with van der Waals surface area (Å²) >= 11 is 0. The molecule has 1 saturated carbocycles. The Labute approximate surface area is 209 Å². The number of nitrogens with one attached hydrogen (secondary N) is 2. The molecule has 3 heterocycles. The second-order valence-corrected chi connectivity index (χ2v) is 10.9. The van der Waals surface area contributed by atoms with Gasteiger partial charge in [-0.1, -0.05) is 0 Å². The fourth-order valence-electron chi connectivity index (χ4n) is 4.46. The van der Waals surface area contributed by atoms with Gasteiger partial charge in [-0.3, -0.25) is 14.5 Å². The van der Waals surface area contributed by atoms with Gasteiger partial charge in [0.1, 0.15) is 23.5 Å². The van der Waals surface area contributed by atoms with Gasteiger partial charge in [0.25, 0.3) is 0 Å². The molecule has 0 amide bonds. The maximum absolute atomic E-state index is 15.4. The third-order valence-electron chi connectivity index (χ3n) is 6.41. The molecule has 12 heteroatoms. The number of hydrogen-bond donors (Lipinski definition) is 2. The molecule has 1 aliphatic carbocycles. The number of anilines is 1. The monoisotopic (exact) mass is 532 g/mol. The van der Waals surface area contributed by atoms with Crippen molar-refractivity contribution < 1.29 is 30.8 Å². The van der Waals surface area contributed by atoms with E-state index in [0.717, 1.165) is 12.1 Å². The molecule has 3 aromatic heterocycles. The van der Waals surface area contributed by atoms with Gasteiger partial charge in [-0.2, -0.15) is 0 Å². The molecule has 2 N–H and O–H groups in total. The molecule has 37 heavy (non-hydrogen) atoms. The van der Waals surface area contributed by atoms with E-state index in [2.05, 4.69) is 15.0 Å². The van der Waals surface area contributed by atoms with Crippen molar-refractivity contribution >= 4 is 32.5 Å². The average molecular weight is 533 g/mol. The Morgan fingerprint density at radius 1 is 1.08 bits per heavy atom. The molecule has 1 aliphatic rings. The van der Waals surface area contributed by atoms with Gasteiger partial charge in [0, 0.05) is 46.4 Å². The maximum Gasteiger partial charge on any atom is 0.235 e. The lowest BCUT2D eigenvalue weighted by atomic mass is 10.00. The fraction of sp³-hybridized carbons (Fsp3) is 0.240. The van der Waals surface area contributed by atoms with Crippen LogP contribution in [0.5, 0.6) is 0 Å². The van der Waals surface area contributed by atoms with Crippen molar-refractivity contribution in [2.24, 2.45) is 0 Å². The van der Waals surface area contributed by atoms with Gasteiger partial charge < -0.3 is 4.98 Å². The number of aryl methyl sites for hydroxylation is 1. The Bertz CT molecular complexity index is 1660. The molecule has 0 aliphatic heterocycles. The van der Waals surface area contributed by atoms with Crippen LogP contribution < -0.4 is 4.72 Å². The Balaban J connectivity index is 1.53. The summed E-state index contributed by atoms with van der Waals surface area (Å²) in [7, 11) is -4.18. The zero-order valence-corrected chi connectivity index (χ0v) is 20.2. The molecule has 1 unspecified atom stereocenters. The summed E-state index contributed by atoms with van der Waals surface area (Å²) < 4.78 is 85.4. The zero-order chi connectivity index (χ0) is 26.5. The SMILES string of the molecule is Cc1cc(F)c(-c2cnc3[nH]cc(C(=O)c4c(F)ccc(NS(=O)(=O)C5CC[C@@H](F)C5)c4F)c3c2)cn1. The first-order valence-corrected chi connectivity index (χ1v) is 12.9. The van der Waals surface area contributed by atoms with E-state index in [9.17, 15) is 26.4 Å². The number of ketones is 1. The smallest absolute Gasteiger partial charge is 0.235 e. The van der Waals surface area contributed by atoms with E-state index in [0.29, 0.717) is 5.69 Å². The maximum atomic E-state index is 15.4. The summed E-state index contributed by atoms with van der Waals surface area (Å²) in [5.41, 5.74) is -0.673. The molecule has 1 aromatic carbocycles. The van der Waals surface area contributed by atoms with Crippen LogP contribution >= 0.6 is 0 Å². The lowest BCUT2D eigenvalue weighted by Crippen LogP contribution is -2.26. The van der Waals surface area contributed by atoms with Crippen molar-refractivity contribution in [1.29, 1.82) is 0 Å². The number of fused-ring (bicyclic) bond motifs is 1. The normalized spacial score (nSPS) is 17.9. The predicted molar refractivity (Wildman–Crippen MR) is 129 cm³/mol. The van der Waals surface area contributed by atoms with Gasteiger partial charge in [0.2, 0.25) is 15.8 Å². The third kappa shape index (κ3) is 4.57. The lowest BCUT2D eigenvalue weighted by molar-refractivity contribution is 0.103. The number of hydrogen-bond acceptors (Lipinski definition) is 5. The van der Waals surface area contributed by atoms with Crippen molar-refractivity contribution in [1.82, 2.24) is 15.0 Å². The van der Waals surface area contributed by atoms with Crippen LogP contribution in [-0.2, 0) is 10.0 Å². The van der Waals surface area contributed by atoms with Crippen molar-refractivity contribution in [2.75, 3.05) is 4.72 Å². The van der Waals surface area contributed by atoms with E-state index in [-0.39, 0.29) is 47.0 Å². The first-order valence-electron chi connectivity index (χ1n) is 11.3. The molecule has 192 valence electrons. The molecule has 5 rings (SSSR count). The highest BCUT2D eigenvalue weighted by molar-refractivity contribution is 7.93. The Kier molecular flexibility index (Phi) is 6.22. The number of carbonyl (C=O) groups is 1. The van der Waals surface area contributed by atoms with E-state index in [1.165, 1.54) is 30.7 Å². The van der Waals surface area contributed by atoms with Crippen molar-refractivity contribution in [3.8, 4) is 11.1 Å². The Morgan fingerprint density at radius 3 is 2.57 bits per heavy atom. The number of rotatable bonds is 6. The second kappa shape index (κ2) is 9.25. The molecule has 1 fully saturated rings. The molecule has 2 atom stereocenters. The number of pyridine rings is 2.